The normalized spacial score (nSPS) is 11.8. The van der Waals surface area contributed by atoms with E-state index in [2.05, 4.69) is 10.1 Å². The van der Waals surface area contributed by atoms with Gasteiger partial charge in [-0.15, -0.1) is 0 Å². The van der Waals surface area contributed by atoms with Crippen LogP contribution < -0.4 is 5.32 Å². The molecule has 0 heterocycles. The number of hydrogen-bond donors (Lipinski definition) is 1. The maximum Gasteiger partial charge on any atom is 0.328 e. The van der Waals surface area contributed by atoms with Gasteiger partial charge in [0.15, 0.2) is 0 Å². The third kappa shape index (κ3) is 3.26. The largest absolute Gasteiger partial charge is 0.467 e. The van der Waals surface area contributed by atoms with E-state index in [9.17, 15) is 18.4 Å². The third-order valence-electron chi connectivity index (χ3n) is 2.38. The average Bonchev–Trinajstić information content (AvgIpc) is 2.34. The molecule has 1 aromatic carbocycles. The molecule has 0 unspecified atom stereocenters. The van der Waals surface area contributed by atoms with Crippen molar-refractivity contribution in [3.05, 3.63) is 35.4 Å². The van der Waals surface area contributed by atoms with Gasteiger partial charge in [0.25, 0.3) is 5.91 Å². The minimum absolute atomic E-state index is 0.307. The lowest BCUT2D eigenvalue weighted by atomic mass is 10.1. The quantitative estimate of drug-likeness (QED) is 0.834. The molecule has 0 bridgehead atoms. The van der Waals surface area contributed by atoms with Gasteiger partial charge in [0, 0.05) is 6.07 Å². The van der Waals surface area contributed by atoms with Crippen molar-refractivity contribution in [1.82, 2.24) is 5.32 Å². The first-order chi connectivity index (χ1) is 8.49. The Morgan fingerprint density at radius 2 is 2.06 bits per heavy atom. The summed E-state index contributed by atoms with van der Waals surface area (Å²) in [5.74, 6) is -3.16. The van der Waals surface area contributed by atoms with Gasteiger partial charge in [-0.25, -0.2) is 13.6 Å². The van der Waals surface area contributed by atoms with Crippen molar-refractivity contribution in [2.24, 2.45) is 0 Å². The van der Waals surface area contributed by atoms with Gasteiger partial charge in [-0.1, -0.05) is 6.92 Å². The zero-order valence-electron chi connectivity index (χ0n) is 10.00. The number of halogens is 2. The molecule has 1 rings (SSSR count). The average molecular weight is 257 g/mol. The SMILES string of the molecule is CC[C@H](NC(=O)c1ccc(F)cc1F)C(=O)OC. The molecular formula is C12H13F2NO3. The molecule has 0 fully saturated rings. The zero-order valence-corrected chi connectivity index (χ0v) is 10.00. The number of hydrogen-bond acceptors (Lipinski definition) is 3. The molecule has 18 heavy (non-hydrogen) atoms. The highest BCUT2D eigenvalue weighted by molar-refractivity contribution is 5.96. The van der Waals surface area contributed by atoms with Crippen molar-refractivity contribution < 1.29 is 23.1 Å². The molecule has 0 spiro atoms. The van der Waals surface area contributed by atoms with E-state index >= 15 is 0 Å². The molecule has 0 aliphatic carbocycles. The van der Waals surface area contributed by atoms with E-state index in [4.69, 9.17) is 0 Å². The van der Waals surface area contributed by atoms with E-state index < -0.39 is 29.6 Å². The number of amides is 1. The number of methoxy groups -OCH3 is 1. The summed E-state index contributed by atoms with van der Waals surface area (Å²) in [6.07, 6.45) is 0.307. The molecule has 98 valence electrons. The fourth-order valence-electron chi connectivity index (χ4n) is 1.38. The van der Waals surface area contributed by atoms with Gasteiger partial charge in [-0.3, -0.25) is 4.79 Å². The first kappa shape index (κ1) is 14.1. The number of nitrogens with one attached hydrogen (secondary N) is 1. The van der Waals surface area contributed by atoms with Crippen molar-refractivity contribution in [1.29, 1.82) is 0 Å². The van der Waals surface area contributed by atoms with Crippen LogP contribution in [-0.2, 0) is 9.53 Å². The van der Waals surface area contributed by atoms with Crippen molar-refractivity contribution in [3.8, 4) is 0 Å². The van der Waals surface area contributed by atoms with Crippen molar-refractivity contribution in [3.63, 3.8) is 0 Å². The molecule has 4 nitrogen and oxygen atoms in total. The lowest BCUT2D eigenvalue weighted by Gasteiger charge is -2.14. The maximum atomic E-state index is 13.3. The number of ether oxygens (including phenoxy) is 1. The molecule has 1 atom stereocenters. The lowest BCUT2D eigenvalue weighted by molar-refractivity contribution is -0.142. The van der Waals surface area contributed by atoms with Gasteiger partial charge >= 0.3 is 5.97 Å². The Morgan fingerprint density at radius 1 is 1.39 bits per heavy atom. The zero-order chi connectivity index (χ0) is 13.7. The number of esters is 1. The van der Waals surface area contributed by atoms with Crippen LogP contribution in [0.5, 0.6) is 0 Å². The van der Waals surface area contributed by atoms with Crippen LogP contribution in [0.4, 0.5) is 8.78 Å². The van der Waals surface area contributed by atoms with E-state index in [1.54, 1.807) is 6.92 Å². The summed E-state index contributed by atoms with van der Waals surface area (Å²) >= 11 is 0. The summed E-state index contributed by atoms with van der Waals surface area (Å²) in [5.41, 5.74) is -0.321. The summed E-state index contributed by atoms with van der Waals surface area (Å²) in [4.78, 5) is 22.9. The molecule has 0 aromatic heterocycles. The molecule has 0 aliphatic rings. The number of carbonyl (C=O) groups is 2. The van der Waals surface area contributed by atoms with E-state index in [1.807, 2.05) is 0 Å². The van der Waals surface area contributed by atoms with Crippen LogP contribution in [0.3, 0.4) is 0 Å². The monoisotopic (exact) mass is 257 g/mol. The van der Waals surface area contributed by atoms with E-state index in [0.29, 0.717) is 12.5 Å². The smallest absolute Gasteiger partial charge is 0.328 e. The van der Waals surface area contributed by atoms with Crippen molar-refractivity contribution in [2.75, 3.05) is 7.11 Å². The summed E-state index contributed by atoms with van der Waals surface area (Å²) in [6, 6.07) is 1.74. The fraction of sp³-hybridized carbons (Fsp3) is 0.333. The van der Waals surface area contributed by atoms with Crippen LogP contribution in [0.15, 0.2) is 18.2 Å². The molecule has 0 saturated carbocycles. The summed E-state index contributed by atoms with van der Waals surface area (Å²) in [6.45, 7) is 1.67. The minimum atomic E-state index is -0.979. The second kappa shape index (κ2) is 6.09. The summed E-state index contributed by atoms with van der Waals surface area (Å²) < 4.78 is 30.5. The lowest BCUT2D eigenvalue weighted by Crippen LogP contribution is -2.41. The molecule has 1 amide bonds. The van der Waals surface area contributed by atoms with Crippen LogP contribution in [0, 0.1) is 11.6 Å². The van der Waals surface area contributed by atoms with E-state index in [1.165, 1.54) is 7.11 Å². The van der Waals surface area contributed by atoms with E-state index in [-0.39, 0.29) is 5.56 Å². The molecule has 0 saturated heterocycles. The number of benzene rings is 1. The second-order valence-electron chi connectivity index (χ2n) is 3.58. The van der Waals surface area contributed by atoms with Gasteiger partial charge in [0.1, 0.15) is 17.7 Å². The Labute approximate surface area is 103 Å². The second-order valence-corrected chi connectivity index (χ2v) is 3.58. The molecule has 0 aliphatic heterocycles. The predicted molar refractivity (Wildman–Crippen MR) is 59.9 cm³/mol. The van der Waals surface area contributed by atoms with Gasteiger partial charge in [0.05, 0.1) is 12.7 Å². The first-order valence-corrected chi connectivity index (χ1v) is 5.33. The molecule has 0 radical (unpaired) electrons. The minimum Gasteiger partial charge on any atom is -0.467 e. The fourth-order valence-corrected chi connectivity index (χ4v) is 1.38. The van der Waals surface area contributed by atoms with Gasteiger partial charge in [-0.2, -0.15) is 0 Å². The third-order valence-corrected chi connectivity index (χ3v) is 2.38. The number of carbonyl (C=O) groups excluding carboxylic acids is 2. The van der Waals surface area contributed by atoms with Gasteiger partial charge < -0.3 is 10.1 Å². The molecule has 1 N–H and O–H groups in total. The van der Waals surface area contributed by atoms with Crippen LogP contribution in [0.2, 0.25) is 0 Å². The Hall–Kier alpha value is -1.98. The Balaban J connectivity index is 2.84. The Kier molecular flexibility index (Phi) is 4.76. The van der Waals surface area contributed by atoms with Gasteiger partial charge in [-0.05, 0) is 18.6 Å². The van der Waals surface area contributed by atoms with Crippen LogP contribution in [0.25, 0.3) is 0 Å². The molecular weight excluding hydrogens is 244 g/mol. The summed E-state index contributed by atoms with van der Waals surface area (Å²) in [5, 5.41) is 2.32. The highest BCUT2D eigenvalue weighted by Crippen LogP contribution is 2.10. The summed E-state index contributed by atoms with van der Waals surface area (Å²) in [7, 11) is 1.19. The van der Waals surface area contributed by atoms with Crippen LogP contribution in [0.1, 0.15) is 23.7 Å². The van der Waals surface area contributed by atoms with Crippen LogP contribution >= 0.6 is 0 Å². The van der Waals surface area contributed by atoms with Crippen molar-refractivity contribution in [2.45, 2.75) is 19.4 Å². The van der Waals surface area contributed by atoms with Crippen molar-refractivity contribution >= 4 is 11.9 Å². The number of rotatable bonds is 4. The molecule has 6 heteroatoms. The first-order valence-electron chi connectivity index (χ1n) is 5.33. The molecule has 1 aromatic rings. The maximum absolute atomic E-state index is 13.3. The van der Waals surface area contributed by atoms with Gasteiger partial charge in [0.2, 0.25) is 0 Å². The Bertz CT molecular complexity index is 463. The van der Waals surface area contributed by atoms with Crippen LogP contribution in [-0.4, -0.2) is 25.0 Å². The highest BCUT2D eigenvalue weighted by atomic mass is 19.1. The van der Waals surface area contributed by atoms with E-state index in [0.717, 1.165) is 12.1 Å². The Morgan fingerprint density at radius 3 is 2.56 bits per heavy atom. The topological polar surface area (TPSA) is 55.4 Å². The predicted octanol–water partition coefficient (Wildman–Crippen LogP) is 1.65. The highest BCUT2D eigenvalue weighted by Gasteiger charge is 2.21. The standard InChI is InChI=1S/C12H13F2NO3/c1-3-10(12(17)18-2)15-11(16)8-5-4-7(13)6-9(8)14/h4-6,10H,3H2,1-2H3,(H,15,16)/t10-/m0/s1.